The van der Waals surface area contributed by atoms with E-state index in [0.29, 0.717) is 11.3 Å². The minimum Gasteiger partial charge on any atom is -0.497 e. The van der Waals surface area contributed by atoms with Gasteiger partial charge >= 0.3 is 5.97 Å². The van der Waals surface area contributed by atoms with Gasteiger partial charge in [0, 0.05) is 11.2 Å². The van der Waals surface area contributed by atoms with Crippen molar-refractivity contribution in [3.05, 3.63) is 59.7 Å². The summed E-state index contributed by atoms with van der Waals surface area (Å²) in [5.74, 6) is -0.510. The highest BCUT2D eigenvalue weighted by atomic mass is 32.2. The highest BCUT2D eigenvalue weighted by Crippen LogP contribution is 2.44. The van der Waals surface area contributed by atoms with Crippen LogP contribution in [-0.4, -0.2) is 28.7 Å². The summed E-state index contributed by atoms with van der Waals surface area (Å²) in [6.07, 6.45) is 1.42. The van der Waals surface area contributed by atoms with Crippen molar-refractivity contribution < 1.29 is 18.8 Å². The standard InChI is InChI=1S/C17H18O4S2/c1-12-4-10-15(11-5-12)22-17(16(18)19,23(3)20)13-6-8-14(21-2)9-7-13/h4-11H,1-3H3,(H,18,19). The number of aliphatic carboxylic acids is 1. The highest BCUT2D eigenvalue weighted by molar-refractivity contribution is 8.12. The van der Waals surface area contributed by atoms with E-state index < -0.39 is 20.8 Å². The van der Waals surface area contributed by atoms with Gasteiger partial charge in [0.2, 0.25) is 4.08 Å². The minimum absolute atomic E-state index is 0.470. The molecule has 2 rings (SSSR count). The van der Waals surface area contributed by atoms with Crippen LogP contribution in [0.4, 0.5) is 0 Å². The van der Waals surface area contributed by atoms with Crippen LogP contribution in [0.2, 0.25) is 0 Å². The van der Waals surface area contributed by atoms with E-state index >= 15 is 0 Å². The van der Waals surface area contributed by atoms with Crippen LogP contribution < -0.4 is 4.74 Å². The van der Waals surface area contributed by atoms with E-state index in [1.165, 1.54) is 6.26 Å². The van der Waals surface area contributed by atoms with Crippen LogP contribution in [0.15, 0.2) is 53.4 Å². The summed E-state index contributed by atoms with van der Waals surface area (Å²) in [6.45, 7) is 1.96. The Morgan fingerprint density at radius 2 is 1.70 bits per heavy atom. The summed E-state index contributed by atoms with van der Waals surface area (Å²) in [4.78, 5) is 12.8. The lowest BCUT2D eigenvalue weighted by Crippen LogP contribution is -2.36. The summed E-state index contributed by atoms with van der Waals surface area (Å²) >= 11 is 1.09. The molecule has 0 bridgehead atoms. The largest absolute Gasteiger partial charge is 0.497 e. The number of carboxylic acids is 1. The van der Waals surface area contributed by atoms with Crippen LogP contribution in [0, 0.1) is 6.92 Å². The fraction of sp³-hybridized carbons (Fsp3) is 0.235. The van der Waals surface area contributed by atoms with Gasteiger partial charge in [-0.25, -0.2) is 4.79 Å². The van der Waals surface area contributed by atoms with Crippen molar-refractivity contribution in [3.63, 3.8) is 0 Å². The molecular weight excluding hydrogens is 332 g/mol. The number of rotatable bonds is 6. The lowest BCUT2D eigenvalue weighted by molar-refractivity contribution is -0.137. The number of carboxylic acid groups (broad SMARTS) is 1. The lowest BCUT2D eigenvalue weighted by atomic mass is 10.1. The molecule has 2 aromatic carbocycles. The molecule has 0 heterocycles. The number of aryl methyl sites for hydroxylation is 1. The van der Waals surface area contributed by atoms with E-state index in [2.05, 4.69) is 0 Å². The summed E-state index contributed by atoms with van der Waals surface area (Å²) < 4.78 is 15.9. The lowest BCUT2D eigenvalue weighted by Gasteiger charge is -2.27. The SMILES string of the molecule is COc1ccc(C(Sc2ccc(C)cc2)(C(=O)O)S(C)=O)cc1. The van der Waals surface area contributed by atoms with Crippen molar-refractivity contribution in [2.24, 2.45) is 0 Å². The molecule has 0 aromatic heterocycles. The van der Waals surface area contributed by atoms with Crippen molar-refractivity contribution in [2.75, 3.05) is 13.4 Å². The second-order valence-electron chi connectivity index (χ2n) is 5.02. The third-order valence-corrected chi connectivity index (χ3v) is 6.82. The molecule has 0 spiro atoms. The molecule has 23 heavy (non-hydrogen) atoms. The van der Waals surface area contributed by atoms with E-state index in [1.807, 2.05) is 31.2 Å². The molecule has 0 radical (unpaired) electrons. The molecule has 0 saturated carbocycles. The van der Waals surface area contributed by atoms with Gasteiger partial charge in [-0.05, 0) is 36.8 Å². The molecule has 122 valence electrons. The molecule has 0 amide bonds. The molecule has 4 nitrogen and oxygen atoms in total. The third-order valence-electron chi connectivity index (χ3n) is 3.44. The first-order chi connectivity index (χ1) is 10.9. The molecule has 0 aliphatic rings. The van der Waals surface area contributed by atoms with Crippen molar-refractivity contribution in [3.8, 4) is 5.75 Å². The highest BCUT2D eigenvalue weighted by Gasteiger charge is 2.46. The quantitative estimate of drug-likeness (QED) is 0.809. The van der Waals surface area contributed by atoms with Gasteiger partial charge in [-0.15, -0.1) is 0 Å². The molecule has 0 aliphatic heterocycles. The van der Waals surface area contributed by atoms with Gasteiger partial charge in [0.05, 0.1) is 17.9 Å². The number of benzene rings is 2. The van der Waals surface area contributed by atoms with Crippen molar-refractivity contribution in [1.82, 2.24) is 0 Å². The summed E-state index contributed by atoms with van der Waals surface area (Å²) in [7, 11) is -0.0947. The first-order valence-corrected chi connectivity index (χ1v) is 9.24. The van der Waals surface area contributed by atoms with Gasteiger partial charge < -0.3 is 9.84 Å². The summed E-state index contributed by atoms with van der Waals surface area (Å²) in [5, 5.41) is 9.84. The summed E-state index contributed by atoms with van der Waals surface area (Å²) in [6, 6.07) is 14.1. The Labute approximate surface area is 142 Å². The number of ether oxygens (including phenoxy) is 1. The number of thioether (sulfide) groups is 1. The number of hydrogen-bond acceptors (Lipinski definition) is 4. The normalized spacial score (nSPS) is 14.7. The van der Waals surface area contributed by atoms with E-state index in [0.717, 1.165) is 22.2 Å². The second kappa shape index (κ2) is 7.19. The van der Waals surface area contributed by atoms with Crippen LogP contribution in [0.25, 0.3) is 0 Å². The predicted octanol–water partition coefficient (Wildman–Crippen LogP) is 3.41. The first kappa shape index (κ1) is 17.6. The maximum Gasteiger partial charge on any atom is 0.337 e. The maximum absolute atomic E-state index is 12.4. The fourth-order valence-corrected chi connectivity index (χ4v) is 4.57. The Kier molecular flexibility index (Phi) is 5.49. The van der Waals surface area contributed by atoms with Gasteiger partial charge in [0.15, 0.2) is 0 Å². The average Bonchev–Trinajstić information content (AvgIpc) is 2.54. The second-order valence-corrected chi connectivity index (χ2v) is 8.09. The molecule has 1 N–H and O–H groups in total. The smallest absolute Gasteiger partial charge is 0.337 e. The Hall–Kier alpha value is -1.79. The third kappa shape index (κ3) is 3.59. The zero-order chi connectivity index (χ0) is 17.0. The van der Waals surface area contributed by atoms with Gasteiger partial charge in [-0.2, -0.15) is 0 Å². The van der Waals surface area contributed by atoms with E-state index in [-0.39, 0.29) is 0 Å². The van der Waals surface area contributed by atoms with Crippen molar-refractivity contribution >= 4 is 28.5 Å². The zero-order valence-electron chi connectivity index (χ0n) is 13.1. The van der Waals surface area contributed by atoms with Gasteiger partial charge in [0.1, 0.15) is 5.75 Å². The predicted molar refractivity (Wildman–Crippen MR) is 93.4 cm³/mol. The van der Waals surface area contributed by atoms with Crippen molar-refractivity contribution in [1.29, 1.82) is 0 Å². The molecule has 0 saturated heterocycles. The molecule has 0 fully saturated rings. The van der Waals surface area contributed by atoms with Crippen LogP contribution in [-0.2, 0) is 19.7 Å². The Morgan fingerprint density at radius 1 is 1.13 bits per heavy atom. The molecule has 2 atom stereocenters. The molecule has 6 heteroatoms. The maximum atomic E-state index is 12.4. The van der Waals surface area contributed by atoms with Gasteiger partial charge in [-0.3, -0.25) is 4.21 Å². The van der Waals surface area contributed by atoms with E-state index in [9.17, 15) is 14.1 Å². The Bertz CT molecular complexity index is 694. The van der Waals surface area contributed by atoms with Crippen LogP contribution in [0.5, 0.6) is 5.75 Å². The Balaban J connectivity index is 2.52. The first-order valence-electron chi connectivity index (χ1n) is 6.87. The number of methoxy groups -OCH3 is 1. The zero-order valence-corrected chi connectivity index (χ0v) is 14.7. The average molecular weight is 350 g/mol. The van der Waals surface area contributed by atoms with Crippen LogP contribution >= 0.6 is 11.8 Å². The monoisotopic (exact) mass is 350 g/mol. The number of carbonyl (C=O) groups is 1. The van der Waals surface area contributed by atoms with Gasteiger partial charge in [-0.1, -0.05) is 41.6 Å². The topological polar surface area (TPSA) is 63.6 Å². The molecule has 2 aromatic rings. The van der Waals surface area contributed by atoms with Crippen molar-refractivity contribution in [2.45, 2.75) is 15.9 Å². The van der Waals surface area contributed by atoms with E-state index in [4.69, 9.17) is 4.74 Å². The minimum atomic E-state index is -1.63. The van der Waals surface area contributed by atoms with Crippen LogP contribution in [0.3, 0.4) is 0 Å². The Morgan fingerprint density at radius 3 is 2.13 bits per heavy atom. The molecule has 0 aliphatic carbocycles. The summed E-state index contributed by atoms with van der Waals surface area (Å²) in [5.41, 5.74) is 1.55. The molecule has 2 unspecified atom stereocenters. The fourth-order valence-electron chi connectivity index (χ4n) is 2.16. The van der Waals surface area contributed by atoms with Crippen LogP contribution in [0.1, 0.15) is 11.1 Å². The van der Waals surface area contributed by atoms with E-state index in [1.54, 1.807) is 31.4 Å². The van der Waals surface area contributed by atoms with Gasteiger partial charge in [0.25, 0.3) is 0 Å². The molecular formula is C17H18O4S2. The number of hydrogen-bond donors (Lipinski definition) is 1.